The van der Waals surface area contributed by atoms with Crippen molar-refractivity contribution < 1.29 is 14.7 Å². The summed E-state index contributed by atoms with van der Waals surface area (Å²) in [5.41, 5.74) is 0.906. The summed E-state index contributed by atoms with van der Waals surface area (Å²) in [6.45, 7) is 0. The monoisotopic (exact) mass is 257 g/mol. The van der Waals surface area contributed by atoms with Gasteiger partial charge in [-0.3, -0.25) is 0 Å². The van der Waals surface area contributed by atoms with E-state index < -0.39 is 18.0 Å². The zero-order chi connectivity index (χ0) is 14.3. The van der Waals surface area contributed by atoms with E-state index in [1.807, 2.05) is 6.07 Å². The van der Waals surface area contributed by atoms with Gasteiger partial charge in [-0.15, -0.1) is 12.3 Å². The number of amides is 2. The van der Waals surface area contributed by atoms with E-state index in [-0.39, 0.29) is 6.42 Å². The summed E-state index contributed by atoms with van der Waals surface area (Å²) in [5, 5.41) is 22.1. The van der Waals surface area contributed by atoms with Crippen LogP contribution >= 0.6 is 0 Å². The molecule has 0 fully saturated rings. The minimum absolute atomic E-state index is 0.101. The molecule has 0 saturated heterocycles. The van der Waals surface area contributed by atoms with E-state index in [9.17, 15) is 9.59 Å². The topological polar surface area (TPSA) is 102 Å². The molecule has 0 aliphatic heterocycles. The molecule has 2 amide bonds. The zero-order valence-corrected chi connectivity index (χ0v) is 9.88. The van der Waals surface area contributed by atoms with Crippen molar-refractivity contribution in [3.8, 4) is 18.4 Å². The minimum Gasteiger partial charge on any atom is -0.480 e. The van der Waals surface area contributed by atoms with Crippen LogP contribution in [0.15, 0.2) is 24.3 Å². The number of nitrogens with one attached hydrogen (secondary N) is 2. The van der Waals surface area contributed by atoms with Gasteiger partial charge >= 0.3 is 12.0 Å². The molecule has 1 rings (SSSR count). The molecule has 0 bridgehead atoms. The lowest BCUT2D eigenvalue weighted by Gasteiger charge is -2.12. The van der Waals surface area contributed by atoms with Gasteiger partial charge in [-0.2, -0.15) is 5.26 Å². The van der Waals surface area contributed by atoms with Crippen molar-refractivity contribution in [3.63, 3.8) is 0 Å². The summed E-state index contributed by atoms with van der Waals surface area (Å²) in [4.78, 5) is 22.3. The molecular weight excluding hydrogens is 246 g/mol. The van der Waals surface area contributed by atoms with Crippen LogP contribution in [0.1, 0.15) is 12.0 Å². The van der Waals surface area contributed by atoms with E-state index in [4.69, 9.17) is 16.8 Å². The Labute approximate surface area is 110 Å². The number of hydrogen-bond donors (Lipinski definition) is 3. The maximum Gasteiger partial charge on any atom is 0.327 e. The Hall–Kier alpha value is -2.99. The van der Waals surface area contributed by atoms with Crippen molar-refractivity contribution in [2.45, 2.75) is 12.5 Å². The van der Waals surface area contributed by atoms with Gasteiger partial charge in [-0.1, -0.05) is 0 Å². The molecule has 96 valence electrons. The largest absolute Gasteiger partial charge is 0.480 e. The molecule has 6 heteroatoms. The summed E-state index contributed by atoms with van der Waals surface area (Å²) in [5.74, 6) is 0.973. The number of urea groups is 1. The van der Waals surface area contributed by atoms with Gasteiger partial charge in [0.2, 0.25) is 0 Å². The SMILES string of the molecule is C#CCC(NC(=O)Nc1ccc(C#N)cc1)C(=O)O. The lowest BCUT2D eigenvalue weighted by molar-refractivity contribution is -0.139. The van der Waals surface area contributed by atoms with E-state index in [1.165, 1.54) is 24.3 Å². The first-order chi connectivity index (χ1) is 9.06. The lowest BCUT2D eigenvalue weighted by Crippen LogP contribution is -2.42. The van der Waals surface area contributed by atoms with Crippen LogP contribution in [0, 0.1) is 23.7 Å². The van der Waals surface area contributed by atoms with Gasteiger partial charge in [0.15, 0.2) is 0 Å². The quantitative estimate of drug-likeness (QED) is 0.704. The van der Waals surface area contributed by atoms with Gasteiger partial charge in [-0.25, -0.2) is 9.59 Å². The molecule has 6 nitrogen and oxygen atoms in total. The number of rotatable bonds is 4. The first kappa shape index (κ1) is 14.1. The second kappa shape index (κ2) is 6.67. The van der Waals surface area contributed by atoms with Gasteiger partial charge in [0.1, 0.15) is 6.04 Å². The first-order valence-electron chi connectivity index (χ1n) is 5.30. The highest BCUT2D eigenvalue weighted by atomic mass is 16.4. The number of carboxylic acid groups (broad SMARTS) is 1. The van der Waals surface area contributed by atoms with Crippen LogP contribution in [0.25, 0.3) is 0 Å². The number of hydrogen-bond acceptors (Lipinski definition) is 3. The number of nitriles is 1. The highest BCUT2D eigenvalue weighted by molar-refractivity contribution is 5.92. The summed E-state index contributed by atoms with van der Waals surface area (Å²) in [6.07, 6.45) is 4.91. The van der Waals surface area contributed by atoms with Crippen molar-refractivity contribution in [2.75, 3.05) is 5.32 Å². The second-order valence-corrected chi connectivity index (χ2v) is 3.59. The molecule has 0 radical (unpaired) electrons. The third-order valence-electron chi connectivity index (χ3n) is 2.20. The molecule has 0 aliphatic rings. The number of carbonyl (C=O) groups excluding carboxylic acids is 1. The standard InChI is InChI=1S/C13H11N3O3/c1-2-3-11(12(17)18)16-13(19)15-10-6-4-9(8-14)5-7-10/h1,4-7,11H,3H2,(H,17,18)(H2,15,16,19). The Kier molecular flexibility index (Phi) is 4.94. The van der Waals surface area contributed by atoms with Crippen molar-refractivity contribution in [2.24, 2.45) is 0 Å². The van der Waals surface area contributed by atoms with Crippen LogP contribution in [-0.2, 0) is 4.79 Å². The summed E-state index contributed by atoms with van der Waals surface area (Å²) in [6, 6.07) is 6.27. The maximum atomic E-state index is 11.5. The molecule has 0 aromatic heterocycles. The van der Waals surface area contributed by atoms with Crippen LogP contribution in [0.3, 0.4) is 0 Å². The Morgan fingerprint density at radius 3 is 2.47 bits per heavy atom. The molecule has 1 aromatic rings. The fourth-order valence-electron chi connectivity index (χ4n) is 1.27. The van der Waals surface area contributed by atoms with Gasteiger partial charge in [0, 0.05) is 12.1 Å². The van der Waals surface area contributed by atoms with Gasteiger partial charge in [-0.05, 0) is 24.3 Å². The van der Waals surface area contributed by atoms with Crippen molar-refractivity contribution in [3.05, 3.63) is 29.8 Å². The third-order valence-corrected chi connectivity index (χ3v) is 2.20. The summed E-state index contributed by atoms with van der Waals surface area (Å²) < 4.78 is 0. The smallest absolute Gasteiger partial charge is 0.327 e. The number of nitrogens with zero attached hydrogens (tertiary/aromatic N) is 1. The molecular formula is C13H11N3O3. The van der Waals surface area contributed by atoms with E-state index >= 15 is 0 Å². The fourth-order valence-corrected chi connectivity index (χ4v) is 1.27. The third kappa shape index (κ3) is 4.41. The predicted molar refractivity (Wildman–Crippen MR) is 68.2 cm³/mol. The molecule has 0 saturated carbocycles. The Morgan fingerprint density at radius 2 is 2.00 bits per heavy atom. The molecule has 0 heterocycles. The Morgan fingerprint density at radius 1 is 1.37 bits per heavy atom. The first-order valence-corrected chi connectivity index (χ1v) is 5.30. The maximum absolute atomic E-state index is 11.5. The number of benzene rings is 1. The predicted octanol–water partition coefficient (Wildman–Crippen LogP) is 1.16. The normalized spacial score (nSPS) is 10.6. The molecule has 0 aliphatic carbocycles. The van der Waals surface area contributed by atoms with Crippen LogP contribution in [0.5, 0.6) is 0 Å². The molecule has 1 atom stereocenters. The fraction of sp³-hybridized carbons (Fsp3) is 0.154. The Bertz CT molecular complexity index is 552. The van der Waals surface area contributed by atoms with Gasteiger partial charge < -0.3 is 15.7 Å². The number of terminal acetylenes is 1. The van der Waals surface area contributed by atoms with Gasteiger partial charge in [0.25, 0.3) is 0 Å². The van der Waals surface area contributed by atoms with Crippen LogP contribution in [0.2, 0.25) is 0 Å². The number of aliphatic carboxylic acids is 1. The van der Waals surface area contributed by atoms with E-state index in [0.717, 1.165) is 0 Å². The Balaban J connectivity index is 2.61. The minimum atomic E-state index is -1.20. The molecule has 1 aromatic carbocycles. The highest BCUT2D eigenvalue weighted by Crippen LogP contribution is 2.08. The number of carbonyl (C=O) groups is 2. The van der Waals surface area contributed by atoms with E-state index in [0.29, 0.717) is 11.3 Å². The van der Waals surface area contributed by atoms with Gasteiger partial charge in [0.05, 0.1) is 11.6 Å². The average molecular weight is 257 g/mol. The molecule has 19 heavy (non-hydrogen) atoms. The van der Waals surface area contributed by atoms with Crippen molar-refractivity contribution >= 4 is 17.7 Å². The van der Waals surface area contributed by atoms with E-state index in [2.05, 4.69) is 16.6 Å². The summed E-state index contributed by atoms with van der Waals surface area (Å²) >= 11 is 0. The second-order valence-electron chi connectivity index (χ2n) is 3.59. The number of anilines is 1. The van der Waals surface area contributed by atoms with Crippen LogP contribution < -0.4 is 10.6 Å². The molecule has 1 unspecified atom stereocenters. The lowest BCUT2D eigenvalue weighted by atomic mass is 10.2. The average Bonchev–Trinajstić information content (AvgIpc) is 2.39. The van der Waals surface area contributed by atoms with Crippen molar-refractivity contribution in [1.29, 1.82) is 5.26 Å². The molecule has 0 spiro atoms. The van der Waals surface area contributed by atoms with E-state index in [1.54, 1.807) is 0 Å². The number of carboxylic acids is 1. The van der Waals surface area contributed by atoms with Crippen LogP contribution in [-0.4, -0.2) is 23.1 Å². The highest BCUT2D eigenvalue weighted by Gasteiger charge is 2.18. The van der Waals surface area contributed by atoms with Crippen molar-refractivity contribution in [1.82, 2.24) is 5.32 Å². The molecule has 3 N–H and O–H groups in total. The van der Waals surface area contributed by atoms with Crippen LogP contribution in [0.4, 0.5) is 10.5 Å². The summed E-state index contributed by atoms with van der Waals surface area (Å²) in [7, 11) is 0. The zero-order valence-electron chi connectivity index (χ0n) is 9.88.